The van der Waals surface area contributed by atoms with Crippen molar-refractivity contribution in [3.05, 3.63) is 12.2 Å². The topological polar surface area (TPSA) is 26.3 Å². The van der Waals surface area contributed by atoms with Gasteiger partial charge in [0.25, 0.3) is 0 Å². The van der Waals surface area contributed by atoms with Gasteiger partial charge in [-0.3, -0.25) is 0 Å². The van der Waals surface area contributed by atoms with E-state index in [9.17, 15) is 4.79 Å². The average Bonchev–Trinajstić information content (AvgIpc) is 2.73. The van der Waals surface area contributed by atoms with Crippen molar-refractivity contribution in [2.24, 2.45) is 0 Å². The molecule has 0 N–H and O–H groups in total. The minimum absolute atomic E-state index is 0.0973. The summed E-state index contributed by atoms with van der Waals surface area (Å²) in [5, 5.41) is 0. The lowest BCUT2D eigenvalue weighted by Crippen LogP contribution is -2.15. The first-order valence-corrected chi connectivity index (χ1v) is 13.1. The van der Waals surface area contributed by atoms with Crippen LogP contribution < -0.4 is 0 Å². The highest BCUT2D eigenvalue weighted by Crippen LogP contribution is 2.14. The second-order valence-corrected chi connectivity index (χ2v) is 8.75. The molecule has 0 heterocycles. The molecule has 0 aliphatic rings. The van der Waals surface area contributed by atoms with Crippen molar-refractivity contribution in [2.45, 2.75) is 155 Å². The molecule has 0 radical (unpaired) electrons. The molecule has 0 spiro atoms. The summed E-state index contributed by atoms with van der Waals surface area (Å²) in [5.74, 6) is -0.146. The zero-order chi connectivity index (χ0) is 21.4. The molecule has 0 aliphatic carbocycles. The standard InChI is InChI=1S/C27H52O2/c1-4-7-9-11-13-14-15-16-17-19-21-23-25-27(28)29-26(6-3)24-22-20-18-12-10-8-5-2/h23,25-26H,4-22,24H2,1-3H3. The maximum absolute atomic E-state index is 12.0. The van der Waals surface area contributed by atoms with Crippen molar-refractivity contribution in [2.75, 3.05) is 0 Å². The summed E-state index contributed by atoms with van der Waals surface area (Å²) in [4.78, 5) is 12.0. The molecule has 0 aromatic rings. The Hall–Kier alpha value is -0.790. The molecular weight excluding hydrogens is 356 g/mol. The summed E-state index contributed by atoms with van der Waals surface area (Å²) < 4.78 is 5.62. The van der Waals surface area contributed by atoms with E-state index in [0.717, 1.165) is 19.3 Å². The molecule has 0 aliphatic heterocycles. The van der Waals surface area contributed by atoms with Gasteiger partial charge in [0.05, 0.1) is 0 Å². The molecule has 1 unspecified atom stereocenters. The van der Waals surface area contributed by atoms with E-state index >= 15 is 0 Å². The van der Waals surface area contributed by atoms with Gasteiger partial charge < -0.3 is 4.74 Å². The Morgan fingerprint density at radius 2 is 1.10 bits per heavy atom. The molecule has 0 aromatic carbocycles. The number of carbonyl (C=O) groups is 1. The van der Waals surface area contributed by atoms with Gasteiger partial charge in [-0.2, -0.15) is 0 Å². The molecule has 0 saturated carbocycles. The molecule has 1 atom stereocenters. The number of ether oxygens (including phenoxy) is 1. The van der Waals surface area contributed by atoms with Crippen LogP contribution in [-0.2, 0) is 9.53 Å². The highest BCUT2D eigenvalue weighted by molar-refractivity contribution is 5.82. The lowest BCUT2D eigenvalue weighted by atomic mass is 10.1. The molecule has 2 nitrogen and oxygen atoms in total. The third-order valence-electron chi connectivity index (χ3n) is 5.85. The van der Waals surface area contributed by atoms with Crippen LogP contribution in [0.25, 0.3) is 0 Å². The molecule has 29 heavy (non-hydrogen) atoms. The van der Waals surface area contributed by atoms with Gasteiger partial charge in [-0.05, 0) is 32.1 Å². The molecule has 0 bridgehead atoms. The first-order valence-electron chi connectivity index (χ1n) is 13.1. The van der Waals surface area contributed by atoms with Crippen LogP contribution >= 0.6 is 0 Å². The normalized spacial score (nSPS) is 12.5. The van der Waals surface area contributed by atoms with Gasteiger partial charge in [0.1, 0.15) is 6.10 Å². The Morgan fingerprint density at radius 3 is 1.59 bits per heavy atom. The third-order valence-corrected chi connectivity index (χ3v) is 5.85. The van der Waals surface area contributed by atoms with Crippen LogP contribution in [0.5, 0.6) is 0 Å². The number of allylic oxidation sites excluding steroid dienone is 1. The molecule has 0 saturated heterocycles. The summed E-state index contributed by atoms with van der Waals surface area (Å²) in [7, 11) is 0. The Bertz CT molecular complexity index is 362. The Labute approximate surface area is 183 Å². The summed E-state index contributed by atoms with van der Waals surface area (Å²) in [5.41, 5.74) is 0. The van der Waals surface area contributed by atoms with Crippen molar-refractivity contribution >= 4 is 5.97 Å². The summed E-state index contributed by atoms with van der Waals surface area (Å²) in [6.07, 6.45) is 29.4. The number of rotatable bonds is 22. The second-order valence-electron chi connectivity index (χ2n) is 8.75. The van der Waals surface area contributed by atoms with E-state index in [4.69, 9.17) is 4.74 Å². The second kappa shape index (κ2) is 23.5. The number of unbranched alkanes of at least 4 members (excludes halogenated alkanes) is 16. The van der Waals surface area contributed by atoms with Gasteiger partial charge in [-0.25, -0.2) is 4.79 Å². The summed E-state index contributed by atoms with van der Waals surface area (Å²) in [6.45, 7) is 6.65. The fourth-order valence-corrected chi connectivity index (χ4v) is 3.81. The molecule has 2 heteroatoms. The third kappa shape index (κ3) is 21.7. The zero-order valence-electron chi connectivity index (χ0n) is 20.2. The smallest absolute Gasteiger partial charge is 0.330 e. The minimum Gasteiger partial charge on any atom is -0.459 e. The molecule has 0 aromatic heterocycles. The highest BCUT2D eigenvalue weighted by Gasteiger charge is 2.10. The number of hydrogen-bond donors (Lipinski definition) is 0. The Kier molecular flexibility index (Phi) is 22.8. The SMILES string of the molecule is CCCCCCCCCCCCC=CC(=O)OC(CC)CCCCCCCCC. The van der Waals surface area contributed by atoms with Gasteiger partial charge in [0.2, 0.25) is 0 Å². The molecule has 172 valence electrons. The van der Waals surface area contributed by atoms with Crippen molar-refractivity contribution in [1.29, 1.82) is 0 Å². The van der Waals surface area contributed by atoms with Crippen LogP contribution in [0.2, 0.25) is 0 Å². The van der Waals surface area contributed by atoms with E-state index in [1.54, 1.807) is 6.08 Å². The van der Waals surface area contributed by atoms with Crippen molar-refractivity contribution in [3.63, 3.8) is 0 Å². The fraction of sp³-hybridized carbons (Fsp3) is 0.889. The summed E-state index contributed by atoms with van der Waals surface area (Å²) >= 11 is 0. The van der Waals surface area contributed by atoms with Gasteiger partial charge in [0.15, 0.2) is 0 Å². The molecule has 0 rings (SSSR count). The largest absolute Gasteiger partial charge is 0.459 e. The first-order chi connectivity index (χ1) is 14.2. The van der Waals surface area contributed by atoms with Crippen molar-refractivity contribution < 1.29 is 9.53 Å². The number of esters is 1. The maximum atomic E-state index is 12.0. The lowest BCUT2D eigenvalue weighted by molar-refractivity contribution is -0.143. The van der Waals surface area contributed by atoms with E-state index < -0.39 is 0 Å². The number of hydrogen-bond acceptors (Lipinski definition) is 2. The van der Waals surface area contributed by atoms with Crippen LogP contribution in [0.15, 0.2) is 12.2 Å². The predicted molar refractivity (Wildman–Crippen MR) is 128 cm³/mol. The zero-order valence-corrected chi connectivity index (χ0v) is 20.2. The average molecular weight is 409 g/mol. The van der Waals surface area contributed by atoms with Crippen molar-refractivity contribution in [1.82, 2.24) is 0 Å². The van der Waals surface area contributed by atoms with E-state index in [2.05, 4.69) is 20.8 Å². The van der Waals surface area contributed by atoms with Crippen LogP contribution in [0.4, 0.5) is 0 Å². The first kappa shape index (κ1) is 28.2. The van der Waals surface area contributed by atoms with E-state index in [0.29, 0.717) is 0 Å². The lowest BCUT2D eigenvalue weighted by Gasteiger charge is -2.14. The molecular formula is C27H52O2. The Morgan fingerprint density at radius 1 is 0.655 bits per heavy atom. The van der Waals surface area contributed by atoms with Gasteiger partial charge >= 0.3 is 5.97 Å². The maximum Gasteiger partial charge on any atom is 0.330 e. The van der Waals surface area contributed by atoms with Crippen LogP contribution in [0, 0.1) is 0 Å². The molecule has 0 fully saturated rings. The Balaban J connectivity index is 3.54. The predicted octanol–water partition coefficient (Wildman–Crippen LogP) is 9.32. The highest BCUT2D eigenvalue weighted by atomic mass is 16.5. The summed E-state index contributed by atoms with van der Waals surface area (Å²) in [6, 6.07) is 0. The van der Waals surface area contributed by atoms with Crippen LogP contribution in [0.3, 0.4) is 0 Å². The van der Waals surface area contributed by atoms with E-state index in [-0.39, 0.29) is 12.1 Å². The van der Waals surface area contributed by atoms with Crippen LogP contribution in [-0.4, -0.2) is 12.1 Å². The van der Waals surface area contributed by atoms with Gasteiger partial charge in [-0.1, -0.05) is 123 Å². The minimum atomic E-state index is -0.146. The van der Waals surface area contributed by atoms with E-state index in [1.807, 2.05) is 6.08 Å². The van der Waals surface area contributed by atoms with Gasteiger partial charge in [-0.15, -0.1) is 0 Å². The van der Waals surface area contributed by atoms with Crippen LogP contribution in [0.1, 0.15) is 149 Å². The molecule has 0 amide bonds. The van der Waals surface area contributed by atoms with E-state index in [1.165, 1.54) is 109 Å². The fourth-order valence-electron chi connectivity index (χ4n) is 3.81. The monoisotopic (exact) mass is 408 g/mol. The van der Waals surface area contributed by atoms with Crippen molar-refractivity contribution in [3.8, 4) is 0 Å². The quantitative estimate of drug-likeness (QED) is 0.101. The van der Waals surface area contributed by atoms with Gasteiger partial charge in [0, 0.05) is 6.08 Å². The number of carbonyl (C=O) groups excluding carboxylic acids is 1.